The molecule has 2 aromatic heterocycles. The number of nitrogens with two attached hydrogens (primary N) is 1. The molecule has 0 bridgehead atoms. The SMILES string of the molecule is NCCc1cccc2ccn(CCc3ccsc3)c12. The molecule has 0 atom stereocenters. The molecule has 0 amide bonds. The lowest BCUT2D eigenvalue weighted by Gasteiger charge is -2.09. The minimum Gasteiger partial charge on any atom is -0.347 e. The van der Waals surface area contributed by atoms with E-state index in [1.54, 1.807) is 11.3 Å². The second kappa shape index (κ2) is 5.59. The Kier molecular flexibility index (Phi) is 3.67. The van der Waals surface area contributed by atoms with Crippen LogP contribution < -0.4 is 5.73 Å². The van der Waals surface area contributed by atoms with Crippen LogP contribution in [0.4, 0.5) is 0 Å². The van der Waals surface area contributed by atoms with Crippen LogP contribution in [-0.2, 0) is 19.4 Å². The van der Waals surface area contributed by atoms with E-state index in [0.717, 1.165) is 19.4 Å². The van der Waals surface area contributed by atoms with Gasteiger partial charge in [0, 0.05) is 12.7 Å². The number of thiophene rings is 1. The Morgan fingerprint density at radius 1 is 1.11 bits per heavy atom. The van der Waals surface area contributed by atoms with Crippen LogP contribution in [0.1, 0.15) is 11.1 Å². The molecule has 0 unspecified atom stereocenters. The number of hydrogen-bond acceptors (Lipinski definition) is 2. The Hall–Kier alpha value is -1.58. The van der Waals surface area contributed by atoms with E-state index in [1.165, 1.54) is 22.0 Å². The predicted octanol–water partition coefficient (Wildman–Crippen LogP) is 3.45. The normalized spacial score (nSPS) is 11.2. The highest BCUT2D eigenvalue weighted by Gasteiger charge is 2.06. The highest BCUT2D eigenvalue weighted by atomic mass is 32.1. The number of para-hydroxylation sites is 1. The van der Waals surface area contributed by atoms with Gasteiger partial charge in [0.1, 0.15) is 0 Å². The van der Waals surface area contributed by atoms with Crippen LogP contribution >= 0.6 is 11.3 Å². The molecule has 2 nitrogen and oxygen atoms in total. The third-order valence-corrected chi connectivity index (χ3v) is 4.24. The fourth-order valence-electron chi connectivity index (χ4n) is 2.57. The molecule has 0 spiro atoms. The van der Waals surface area contributed by atoms with Crippen molar-refractivity contribution in [3.63, 3.8) is 0 Å². The van der Waals surface area contributed by atoms with Gasteiger partial charge in [0.2, 0.25) is 0 Å². The molecule has 3 aromatic rings. The molecular formula is C16H18N2S. The highest BCUT2D eigenvalue weighted by Crippen LogP contribution is 2.21. The Morgan fingerprint density at radius 3 is 2.84 bits per heavy atom. The van der Waals surface area contributed by atoms with Gasteiger partial charge < -0.3 is 10.3 Å². The van der Waals surface area contributed by atoms with Crippen molar-refractivity contribution >= 4 is 22.2 Å². The Balaban J connectivity index is 1.90. The van der Waals surface area contributed by atoms with Gasteiger partial charge in [-0.3, -0.25) is 0 Å². The molecule has 98 valence electrons. The van der Waals surface area contributed by atoms with Gasteiger partial charge in [0.25, 0.3) is 0 Å². The smallest absolute Gasteiger partial charge is 0.0513 e. The summed E-state index contributed by atoms with van der Waals surface area (Å²) in [6.07, 6.45) is 4.22. The van der Waals surface area contributed by atoms with Gasteiger partial charge in [0.05, 0.1) is 5.52 Å². The maximum atomic E-state index is 5.71. The molecule has 0 fully saturated rings. The maximum Gasteiger partial charge on any atom is 0.0513 e. The largest absolute Gasteiger partial charge is 0.347 e. The molecule has 1 aromatic carbocycles. The quantitative estimate of drug-likeness (QED) is 0.756. The predicted molar refractivity (Wildman–Crippen MR) is 82.7 cm³/mol. The Labute approximate surface area is 117 Å². The van der Waals surface area contributed by atoms with E-state index in [-0.39, 0.29) is 0 Å². The van der Waals surface area contributed by atoms with Crippen LogP contribution in [0, 0.1) is 0 Å². The summed E-state index contributed by atoms with van der Waals surface area (Å²) in [5.41, 5.74) is 9.84. The van der Waals surface area contributed by atoms with Crippen molar-refractivity contribution in [2.45, 2.75) is 19.4 Å². The number of aromatic nitrogens is 1. The first-order chi connectivity index (χ1) is 9.38. The molecule has 0 aliphatic carbocycles. The van der Waals surface area contributed by atoms with Crippen molar-refractivity contribution in [1.29, 1.82) is 0 Å². The summed E-state index contributed by atoms with van der Waals surface area (Å²) in [6.45, 7) is 1.73. The second-order valence-electron chi connectivity index (χ2n) is 4.78. The minimum atomic E-state index is 0.703. The fourth-order valence-corrected chi connectivity index (χ4v) is 3.27. The van der Waals surface area contributed by atoms with Crippen molar-refractivity contribution in [1.82, 2.24) is 4.57 Å². The number of nitrogens with zero attached hydrogens (tertiary/aromatic N) is 1. The van der Waals surface area contributed by atoms with Gasteiger partial charge in [0.15, 0.2) is 0 Å². The zero-order valence-electron chi connectivity index (χ0n) is 10.9. The molecular weight excluding hydrogens is 252 g/mol. The summed E-state index contributed by atoms with van der Waals surface area (Å²) < 4.78 is 2.36. The van der Waals surface area contributed by atoms with Gasteiger partial charge in [-0.05, 0) is 58.8 Å². The summed E-state index contributed by atoms with van der Waals surface area (Å²) in [5.74, 6) is 0. The van der Waals surface area contributed by atoms with Crippen molar-refractivity contribution in [2.75, 3.05) is 6.54 Å². The molecule has 3 rings (SSSR count). The van der Waals surface area contributed by atoms with E-state index in [0.29, 0.717) is 6.54 Å². The van der Waals surface area contributed by atoms with Crippen molar-refractivity contribution in [3.05, 3.63) is 58.4 Å². The monoisotopic (exact) mass is 270 g/mol. The molecule has 2 N–H and O–H groups in total. The van der Waals surface area contributed by atoms with E-state index in [1.807, 2.05) is 0 Å². The van der Waals surface area contributed by atoms with Crippen molar-refractivity contribution in [2.24, 2.45) is 5.73 Å². The molecule has 2 heterocycles. The first-order valence-electron chi connectivity index (χ1n) is 6.66. The third kappa shape index (κ3) is 2.57. The lowest BCUT2D eigenvalue weighted by Crippen LogP contribution is -2.06. The molecule has 0 saturated carbocycles. The van der Waals surface area contributed by atoms with E-state index in [2.05, 4.69) is 51.9 Å². The first-order valence-corrected chi connectivity index (χ1v) is 7.60. The minimum absolute atomic E-state index is 0.703. The Bertz CT molecular complexity index is 653. The second-order valence-corrected chi connectivity index (χ2v) is 5.56. The van der Waals surface area contributed by atoms with Gasteiger partial charge in [-0.1, -0.05) is 18.2 Å². The summed E-state index contributed by atoms with van der Waals surface area (Å²) >= 11 is 1.77. The standard InChI is InChI=1S/C16H18N2S/c17-8-4-14-2-1-3-15-6-10-18(16(14)15)9-5-13-7-11-19-12-13/h1-3,6-7,10-12H,4-5,8-9,17H2. The molecule has 0 saturated heterocycles. The van der Waals surface area contributed by atoms with E-state index < -0.39 is 0 Å². The number of rotatable bonds is 5. The maximum absolute atomic E-state index is 5.71. The van der Waals surface area contributed by atoms with E-state index >= 15 is 0 Å². The summed E-state index contributed by atoms with van der Waals surface area (Å²) in [5, 5.41) is 5.69. The average molecular weight is 270 g/mol. The van der Waals surface area contributed by atoms with Gasteiger partial charge >= 0.3 is 0 Å². The number of benzene rings is 1. The van der Waals surface area contributed by atoms with Crippen LogP contribution in [0.15, 0.2) is 47.3 Å². The summed E-state index contributed by atoms with van der Waals surface area (Å²) in [4.78, 5) is 0. The first kappa shape index (κ1) is 12.5. The zero-order chi connectivity index (χ0) is 13.1. The average Bonchev–Trinajstić information content (AvgIpc) is 3.06. The summed E-state index contributed by atoms with van der Waals surface area (Å²) in [7, 11) is 0. The van der Waals surface area contributed by atoms with Crippen LogP contribution in [0.25, 0.3) is 10.9 Å². The topological polar surface area (TPSA) is 30.9 Å². The lowest BCUT2D eigenvalue weighted by molar-refractivity contribution is 0.721. The number of fused-ring (bicyclic) bond motifs is 1. The van der Waals surface area contributed by atoms with Gasteiger partial charge in [-0.25, -0.2) is 0 Å². The molecule has 3 heteroatoms. The van der Waals surface area contributed by atoms with Crippen LogP contribution in [0.5, 0.6) is 0 Å². The molecule has 0 aliphatic heterocycles. The highest BCUT2D eigenvalue weighted by molar-refractivity contribution is 7.07. The number of aryl methyl sites for hydroxylation is 2. The lowest BCUT2D eigenvalue weighted by atomic mass is 10.1. The zero-order valence-corrected chi connectivity index (χ0v) is 11.7. The van der Waals surface area contributed by atoms with Crippen LogP contribution in [0.3, 0.4) is 0 Å². The number of hydrogen-bond donors (Lipinski definition) is 1. The van der Waals surface area contributed by atoms with Gasteiger partial charge in [-0.2, -0.15) is 11.3 Å². The van der Waals surface area contributed by atoms with Crippen LogP contribution in [0.2, 0.25) is 0 Å². The molecule has 19 heavy (non-hydrogen) atoms. The van der Waals surface area contributed by atoms with Crippen LogP contribution in [-0.4, -0.2) is 11.1 Å². The molecule has 0 aliphatic rings. The summed E-state index contributed by atoms with van der Waals surface area (Å²) in [6, 6.07) is 10.9. The van der Waals surface area contributed by atoms with E-state index in [4.69, 9.17) is 5.73 Å². The fraction of sp³-hybridized carbons (Fsp3) is 0.250. The Morgan fingerprint density at radius 2 is 2.05 bits per heavy atom. The van der Waals surface area contributed by atoms with E-state index in [9.17, 15) is 0 Å². The van der Waals surface area contributed by atoms with Gasteiger partial charge in [-0.15, -0.1) is 0 Å². The molecule has 0 radical (unpaired) electrons. The third-order valence-electron chi connectivity index (χ3n) is 3.51. The van der Waals surface area contributed by atoms with Crippen molar-refractivity contribution < 1.29 is 0 Å². The van der Waals surface area contributed by atoms with Crippen molar-refractivity contribution in [3.8, 4) is 0 Å².